The van der Waals surface area contributed by atoms with Gasteiger partial charge in [0.25, 0.3) is 0 Å². The van der Waals surface area contributed by atoms with Gasteiger partial charge in [0, 0.05) is 11.8 Å². The molecule has 1 fully saturated rings. The van der Waals surface area contributed by atoms with Crippen molar-refractivity contribution in [2.75, 3.05) is 0 Å². The van der Waals surface area contributed by atoms with Crippen molar-refractivity contribution in [3.63, 3.8) is 0 Å². The van der Waals surface area contributed by atoms with Gasteiger partial charge in [-0.05, 0) is 77.7 Å². The molecule has 5 rings (SSSR count). The van der Waals surface area contributed by atoms with E-state index in [0.29, 0.717) is 11.8 Å². The fraction of sp³-hybridized carbons (Fsp3) is 0.273. The van der Waals surface area contributed by atoms with Crippen molar-refractivity contribution in [1.82, 2.24) is 0 Å². The average molecular weight is 431 g/mol. The molecule has 0 radical (unpaired) electrons. The molecule has 2 unspecified atom stereocenters. The first kappa shape index (κ1) is 21.7. The fourth-order valence-electron chi connectivity index (χ4n) is 6.21. The molecule has 0 saturated heterocycles. The second-order valence-electron chi connectivity index (χ2n) is 9.94. The molecule has 0 nitrogen and oxygen atoms in total. The number of rotatable bonds is 5. The van der Waals surface area contributed by atoms with Gasteiger partial charge in [0.05, 0.1) is 0 Å². The van der Waals surface area contributed by atoms with Crippen molar-refractivity contribution >= 4 is 5.57 Å². The minimum Gasteiger partial charge on any atom is -0.0955 e. The fourth-order valence-corrected chi connectivity index (χ4v) is 6.21. The zero-order chi connectivity index (χ0) is 23.1. The zero-order valence-electron chi connectivity index (χ0n) is 20.2. The highest BCUT2D eigenvalue weighted by atomic mass is 14.4. The third-order valence-corrected chi connectivity index (χ3v) is 7.69. The predicted octanol–water partition coefficient (Wildman–Crippen LogP) is 8.92. The van der Waals surface area contributed by atoms with E-state index in [-0.39, 0.29) is 0 Å². The maximum absolute atomic E-state index is 4.70. The quantitative estimate of drug-likeness (QED) is 0.444. The highest BCUT2D eigenvalue weighted by Crippen LogP contribution is 2.55. The standard InChI is InChI=1S/C33H34/c1-6-12-21(2)31-23(4)18-28-19-27(20-30-22(3)17-26-15-10-11-16-29(26)30)24(5)32(28)33(31)25-13-8-7-9-14-25/h7-11,13-16,18,20,32-33H,2,5-6,12,17,19H2,1,3-4H3. The summed E-state index contributed by atoms with van der Waals surface area (Å²) in [6, 6.07) is 19.9. The predicted molar refractivity (Wildman–Crippen MR) is 142 cm³/mol. The smallest absolute Gasteiger partial charge is 0.0201 e. The van der Waals surface area contributed by atoms with E-state index in [2.05, 4.69) is 94.1 Å². The van der Waals surface area contributed by atoms with E-state index in [0.717, 1.165) is 25.7 Å². The molecule has 166 valence electrons. The van der Waals surface area contributed by atoms with Gasteiger partial charge in [-0.15, -0.1) is 0 Å². The molecule has 0 bridgehead atoms. The van der Waals surface area contributed by atoms with Gasteiger partial charge in [0.15, 0.2) is 0 Å². The number of allylic oxidation sites excluding steroid dienone is 10. The Morgan fingerprint density at radius 1 is 0.970 bits per heavy atom. The highest BCUT2D eigenvalue weighted by molar-refractivity contribution is 5.84. The Labute approximate surface area is 199 Å². The lowest BCUT2D eigenvalue weighted by molar-refractivity contribution is 0.619. The summed E-state index contributed by atoms with van der Waals surface area (Å²) < 4.78 is 0. The van der Waals surface area contributed by atoms with Crippen LogP contribution < -0.4 is 0 Å². The zero-order valence-corrected chi connectivity index (χ0v) is 20.2. The van der Waals surface area contributed by atoms with Gasteiger partial charge in [-0.1, -0.05) is 110 Å². The molecule has 0 heteroatoms. The Bertz CT molecular complexity index is 1260. The molecule has 2 atom stereocenters. The van der Waals surface area contributed by atoms with Gasteiger partial charge in [0.1, 0.15) is 0 Å². The van der Waals surface area contributed by atoms with Crippen LogP contribution in [-0.4, -0.2) is 0 Å². The van der Waals surface area contributed by atoms with Crippen LogP contribution in [0.25, 0.3) is 5.57 Å². The van der Waals surface area contributed by atoms with Crippen LogP contribution in [0.2, 0.25) is 0 Å². The first-order valence-corrected chi connectivity index (χ1v) is 12.3. The number of hydrogen-bond acceptors (Lipinski definition) is 0. The molecule has 1 saturated carbocycles. The second kappa shape index (κ2) is 8.67. The lowest BCUT2D eigenvalue weighted by atomic mass is 9.69. The average Bonchev–Trinajstić information content (AvgIpc) is 3.29. The Morgan fingerprint density at radius 3 is 2.45 bits per heavy atom. The van der Waals surface area contributed by atoms with E-state index in [1.165, 1.54) is 61.3 Å². The van der Waals surface area contributed by atoms with Gasteiger partial charge in [-0.2, -0.15) is 0 Å². The van der Waals surface area contributed by atoms with Crippen molar-refractivity contribution in [3.05, 3.63) is 136 Å². The van der Waals surface area contributed by atoms with Crippen LogP contribution in [0.1, 0.15) is 62.6 Å². The molecule has 3 aliphatic rings. The monoisotopic (exact) mass is 430 g/mol. The maximum Gasteiger partial charge on any atom is 0.0201 e. The van der Waals surface area contributed by atoms with E-state index in [9.17, 15) is 0 Å². The number of benzene rings is 2. The topological polar surface area (TPSA) is 0 Å². The molecule has 0 heterocycles. The molecule has 0 N–H and O–H groups in total. The van der Waals surface area contributed by atoms with Crippen molar-refractivity contribution < 1.29 is 0 Å². The molecule has 2 aromatic carbocycles. The van der Waals surface area contributed by atoms with E-state index in [4.69, 9.17) is 6.58 Å². The molecule has 3 aliphatic carbocycles. The van der Waals surface area contributed by atoms with E-state index < -0.39 is 0 Å². The molecule has 0 aliphatic heterocycles. The largest absolute Gasteiger partial charge is 0.0955 e. The Morgan fingerprint density at radius 2 is 1.70 bits per heavy atom. The highest BCUT2D eigenvalue weighted by Gasteiger charge is 2.41. The van der Waals surface area contributed by atoms with Crippen LogP contribution in [0.15, 0.2) is 119 Å². The van der Waals surface area contributed by atoms with Gasteiger partial charge in [-0.25, -0.2) is 0 Å². The summed E-state index contributed by atoms with van der Waals surface area (Å²) in [4.78, 5) is 0. The Hall–Kier alpha value is -3.12. The normalized spacial score (nSPS) is 23.2. The van der Waals surface area contributed by atoms with Crippen molar-refractivity contribution in [3.8, 4) is 0 Å². The van der Waals surface area contributed by atoms with Gasteiger partial charge >= 0.3 is 0 Å². The van der Waals surface area contributed by atoms with Crippen molar-refractivity contribution in [2.45, 2.75) is 52.4 Å². The molecular weight excluding hydrogens is 396 g/mol. The first-order chi connectivity index (χ1) is 16.0. The number of hydrogen-bond donors (Lipinski definition) is 0. The third-order valence-electron chi connectivity index (χ3n) is 7.69. The molecule has 0 aromatic heterocycles. The van der Waals surface area contributed by atoms with Crippen molar-refractivity contribution in [1.29, 1.82) is 0 Å². The van der Waals surface area contributed by atoms with Crippen molar-refractivity contribution in [2.24, 2.45) is 5.92 Å². The summed E-state index contributed by atoms with van der Waals surface area (Å²) in [5.41, 5.74) is 15.4. The summed E-state index contributed by atoms with van der Waals surface area (Å²) in [5, 5.41) is 0. The summed E-state index contributed by atoms with van der Waals surface area (Å²) in [6.07, 6.45) is 9.11. The summed E-state index contributed by atoms with van der Waals surface area (Å²) in [7, 11) is 0. The first-order valence-electron chi connectivity index (χ1n) is 12.3. The summed E-state index contributed by atoms with van der Waals surface area (Å²) >= 11 is 0. The van der Waals surface area contributed by atoms with E-state index in [1.807, 2.05) is 0 Å². The van der Waals surface area contributed by atoms with Crippen LogP contribution in [0, 0.1) is 5.92 Å². The summed E-state index contributed by atoms with van der Waals surface area (Å²) in [5.74, 6) is 0.623. The van der Waals surface area contributed by atoms with Crippen LogP contribution in [0.5, 0.6) is 0 Å². The van der Waals surface area contributed by atoms with Gasteiger partial charge < -0.3 is 0 Å². The SMILES string of the molecule is C=C(CCC)C1=C(C)C=C2CC(=CC3=C(C)Cc4ccccc43)C(=C)C2C1c1ccccc1. The second-order valence-corrected chi connectivity index (χ2v) is 9.94. The van der Waals surface area contributed by atoms with Crippen LogP contribution in [0.3, 0.4) is 0 Å². The summed E-state index contributed by atoms with van der Waals surface area (Å²) in [6.45, 7) is 16.0. The minimum atomic E-state index is 0.301. The van der Waals surface area contributed by atoms with Gasteiger partial charge in [0.2, 0.25) is 0 Å². The Kier molecular flexibility index (Phi) is 5.71. The Balaban J connectivity index is 1.58. The van der Waals surface area contributed by atoms with Gasteiger partial charge in [-0.3, -0.25) is 0 Å². The lowest BCUT2D eigenvalue weighted by Gasteiger charge is -2.34. The maximum atomic E-state index is 4.70. The molecular formula is C33H34. The van der Waals surface area contributed by atoms with Crippen LogP contribution in [0.4, 0.5) is 0 Å². The van der Waals surface area contributed by atoms with Crippen LogP contribution in [-0.2, 0) is 6.42 Å². The van der Waals surface area contributed by atoms with E-state index in [1.54, 1.807) is 0 Å². The third kappa shape index (κ3) is 3.72. The molecule has 0 amide bonds. The molecule has 0 spiro atoms. The number of fused-ring (bicyclic) bond motifs is 2. The minimum absolute atomic E-state index is 0.301. The van der Waals surface area contributed by atoms with Crippen LogP contribution >= 0.6 is 0 Å². The molecule has 33 heavy (non-hydrogen) atoms. The lowest BCUT2D eigenvalue weighted by Crippen LogP contribution is -2.21. The van der Waals surface area contributed by atoms with E-state index >= 15 is 0 Å². The molecule has 2 aromatic rings.